The van der Waals surface area contributed by atoms with Crippen LogP contribution < -0.4 is 11.1 Å². The maximum atomic E-state index is 10.7. The van der Waals surface area contributed by atoms with E-state index in [1.165, 1.54) is 0 Å². The van der Waals surface area contributed by atoms with E-state index in [0.29, 0.717) is 6.54 Å². The maximum absolute atomic E-state index is 10.7. The molecule has 1 atom stereocenters. The van der Waals surface area contributed by atoms with Gasteiger partial charge in [0.05, 0.1) is 6.42 Å². The first-order valence-corrected chi connectivity index (χ1v) is 5.43. The second-order valence-electron chi connectivity index (χ2n) is 3.65. The van der Waals surface area contributed by atoms with Crippen LogP contribution in [-0.4, -0.2) is 41.3 Å². The number of hydrogen-bond acceptors (Lipinski definition) is 4. The van der Waals surface area contributed by atoms with Crippen LogP contribution in [-0.2, 0) is 9.59 Å². The van der Waals surface area contributed by atoms with E-state index in [9.17, 15) is 9.59 Å². The molecule has 6 heteroatoms. The van der Waals surface area contributed by atoms with Crippen molar-refractivity contribution in [2.75, 3.05) is 13.2 Å². The number of aliphatic hydroxyl groups excluding tert-OH is 1. The Balaban J connectivity index is 3.60. The molecule has 0 aliphatic carbocycles. The second kappa shape index (κ2) is 9.11. The molecule has 1 unspecified atom stereocenters. The molecule has 16 heavy (non-hydrogen) atoms. The molecule has 0 heterocycles. The Morgan fingerprint density at radius 1 is 1.19 bits per heavy atom. The van der Waals surface area contributed by atoms with Crippen LogP contribution in [0.3, 0.4) is 0 Å². The molecular weight excluding hydrogens is 212 g/mol. The van der Waals surface area contributed by atoms with Crippen LogP contribution in [0.15, 0.2) is 0 Å². The Hall–Kier alpha value is -1.14. The molecule has 94 valence electrons. The molecule has 5 N–H and O–H groups in total. The lowest BCUT2D eigenvalue weighted by Gasteiger charge is -2.12. The third kappa shape index (κ3) is 8.19. The van der Waals surface area contributed by atoms with E-state index in [-0.39, 0.29) is 13.0 Å². The lowest BCUT2D eigenvalue weighted by molar-refractivity contribution is -0.141. The van der Waals surface area contributed by atoms with E-state index in [1.807, 2.05) is 0 Å². The minimum absolute atomic E-state index is 0.187. The van der Waals surface area contributed by atoms with Gasteiger partial charge in [-0.05, 0) is 19.4 Å². The topological polar surface area (TPSA) is 113 Å². The summed E-state index contributed by atoms with van der Waals surface area (Å²) in [6, 6.07) is -0.893. The number of amides is 1. The van der Waals surface area contributed by atoms with Gasteiger partial charge < -0.3 is 21.3 Å². The minimum atomic E-state index is -1.06. The van der Waals surface area contributed by atoms with Gasteiger partial charge >= 0.3 is 5.97 Å². The van der Waals surface area contributed by atoms with Crippen LogP contribution in [0.5, 0.6) is 0 Å². The van der Waals surface area contributed by atoms with Crippen molar-refractivity contribution in [1.82, 2.24) is 5.32 Å². The molecule has 0 aromatic carbocycles. The number of carbonyl (C=O) groups excluding carboxylic acids is 1. The summed E-state index contributed by atoms with van der Waals surface area (Å²) < 4.78 is 0. The zero-order chi connectivity index (χ0) is 12.4. The van der Waals surface area contributed by atoms with Crippen molar-refractivity contribution in [2.24, 2.45) is 5.73 Å². The van der Waals surface area contributed by atoms with Gasteiger partial charge in [-0.1, -0.05) is 12.8 Å². The van der Waals surface area contributed by atoms with Gasteiger partial charge in [-0.15, -0.1) is 0 Å². The van der Waals surface area contributed by atoms with E-state index in [4.69, 9.17) is 15.9 Å². The summed E-state index contributed by atoms with van der Waals surface area (Å²) in [5.74, 6) is -1.69. The molecule has 0 saturated heterocycles. The van der Waals surface area contributed by atoms with Crippen LogP contribution in [0.2, 0.25) is 0 Å². The molecule has 0 aliphatic heterocycles. The molecule has 0 aromatic heterocycles. The number of carboxylic acids is 1. The van der Waals surface area contributed by atoms with Crippen molar-refractivity contribution < 1.29 is 19.8 Å². The van der Waals surface area contributed by atoms with Crippen molar-refractivity contribution in [2.45, 2.75) is 38.1 Å². The number of aliphatic hydroxyl groups is 1. The molecule has 0 rings (SSSR count). The second-order valence-corrected chi connectivity index (χ2v) is 3.65. The van der Waals surface area contributed by atoms with Crippen molar-refractivity contribution in [3.63, 3.8) is 0 Å². The van der Waals surface area contributed by atoms with E-state index < -0.39 is 17.9 Å². The third-order valence-electron chi connectivity index (χ3n) is 2.18. The first kappa shape index (κ1) is 14.9. The number of hydrogen-bond donors (Lipinski definition) is 4. The minimum Gasteiger partial charge on any atom is -0.480 e. The number of primary amides is 1. The van der Waals surface area contributed by atoms with Crippen LogP contribution in [0.4, 0.5) is 0 Å². The van der Waals surface area contributed by atoms with Gasteiger partial charge in [0.2, 0.25) is 5.91 Å². The summed E-state index contributed by atoms with van der Waals surface area (Å²) in [6.07, 6.45) is 3.25. The molecule has 6 nitrogen and oxygen atoms in total. The fraction of sp³-hybridized carbons (Fsp3) is 0.800. The van der Waals surface area contributed by atoms with Gasteiger partial charge in [0.1, 0.15) is 6.04 Å². The van der Waals surface area contributed by atoms with E-state index in [1.54, 1.807) is 0 Å². The van der Waals surface area contributed by atoms with Gasteiger partial charge in [0.25, 0.3) is 0 Å². The number of rotatable bonds is 10. The van der Waals surface area contributed by atoms with Gasteiger partial charge in [0, 0.05) is 6.61 Å². The molecular formula is C10H20N2O4. The molecule has 0 fully saturated rings. The largest absolute Gasteiger partial charge is 0.480 e. The zero-order valence-corrected chi connectivity index (χ0v) is 9.32. The highest BCUT2D eigenvalue weighted by Gasteiger charge is 2.18. The normalized spacial score (nSPS) is 12.3. The summed E-state index contributed by atoms with van der Waals surface area (Å²) in [6.45, 7) is 0.725. The average Bonchev–Trinajstić information content (AvgIpc) is 2.20. The summed E-state index contributed by atoms with van der Waals surface area (Å²) in [5.41, 5.74) is 4.93. The molecule has 0 radical (unpaired) electrons. The molecule has 0 saturated carbocycles. The van der Waals surface area contributed by atoms with Gasteiger partial charge in [-0.2, -0.15) is 0 Å². The molecule has 1 amide bonds. The summed E-state index contributed by atoms with van der Waals surface area (Å²) in [5, 5.41) is 20.1. The first-order chi connectivity index (χ1) is 7.57. The monoisotopic (exact) mass is 232 g/mol. The van der Waals surface area contributed by atoms with Crippen molar-refractivity contribution >= 4 is 11.9 Å². The number of carbonyl (C=O) groups is 2. The molecule has 0 bridgehead atoms. The van der Waals surface area contributed by atoms with Crippen LogP contribution in [0, 0.1) is 0 Å². The van der Waals surface area contributed by atoms with E-state index in [2.05, 4.69) is 5.32 Å². The quantitative estimate of drug-likeness (QED) is 0.378. The molecule has 0 aliphatic rings. The van der Waals surface area contributed by atoms with Crippen molar-refractivity contribution in [3.05, 3.63) is 0 Å². The Morgan fingerprint density at radius 2 is 1.81 bits per heavy atom. The first-order valence-electron chi connectivity index (χ1n) is 5.43. The highest BCUT2D eigenvalue weighted by Crippen LogP contribution is 1.99. The fourth-order valence-electron chi connectivity index (χ4n) is 1.31. The zero-order valence-electron chi connectivity index (χ0n) is 9.32. The lowest BCUT2D eigenvalue weighted by Crippen LogP contribution is -2.40. The number of nitrogens with one attached hydrogen (secondary N) is 1. The SMILES string of the molecule is NC(=O)CC(NCCCCCCO)C(=O)O. The smallest absolute Gasteiger partial charge is 0.321 e. The summed E-state index contributed by atoms with van der Waals surface area (Å²) in [4.78, 5) is 21.3. The van der Waals surface area contributed by atoms with Gasteiger partial charge in [-0.3, -0.25) is 9.59 Å². The number of nitrogens with two attached hydrogens (primary N) is 1. The van der Waals surface area contributed by atoms with Crippen LogP contribution in [0.1, 0.15) is 32.1 Å². The molecule has 0 spiro atoms. The fourth-order valence-corrected chi connectivity index (χ4v) is 1.31. The molecule has 0 aromatic rings. The number of carboxylic acid groups (broad SMARTS) is 1. The summed E-state index contributed by atoms with van der Waals surface area (Å²) in [7, 11) is 0. The number of aliphatic carboxylic acids is 1. The van der Waals surface area contributed by atoms with E-state index >= 15 is 0 Å². The highest BCUT2D eigenvalue weighted by molar-refractivity contribution is 5.83. The Bertz CT molecular complexity index is 221. The van der Waals surface area contributed by atoms with Crippen LogP contribution in [0.25, 0.3) is 0 Å². The maximum Gasteiger partial charge on any atom is 0.321 e. The highest BCUT2D eigenvalue weighted by atomic mass is 16.4. The summed E-state index contributed by atoms with van der Waals surface area (Å²) >= 11 is 0. The average molecular weight is 232 g/mol. The standard InChI is InChI=1S/C10H20N2O4/c11-9(14)7-8(10(15)16)12-5-3-1-2-4-6-13/h8,12-13H,1-7H2,(H2,11,14)(H,15,16). The predicted molar refractivity (Wildman–Crippen MR) is 58.8 cm³/mol. The number of unbranched alkanes of at least 4 members (excludes halogenated alkanes) is 3. The Morgan fingerprint density at radius 3 is 2.31 bits per heavy atom. The third-order valence-corrected chi connectivity index (χ3v) is 2.18. The Labute approximate surface area is 94.8 Å². The lowest BCUT2D eigenvalue weighted by atomic mass is 10.1. The van der Waals surface area contributed by atoms with Crippen molar-refractivity contribution in [3.8, 4) is 0 Å². The Kier molecular flexibility index (Phi) is 8.46. The van der Waals surface area contributed by atoms with Gasteiger partial charge in [-0.25, -0.2) is 0 Å². The van der Waals surface area contributed by atoms with Gasteiger partial charge in [0.15, 0.2) is 0 Å². The van der Waals surface area contributed by atoms with E-state index in [0.717, 1.165) is 25.7 Å². The van der Waals surface area contributed by atoms with Crippen molar-refractivity contribution in [1.29, 1.82) is 0 Å². The predicted octanol–water partition coefficient (Wildman–Crippen LogP) is -0.543. The van der Waals surface area contributed by atoms with Crippen LogP contribution >= 0.6 is 0 Å².